The summed E-state index contributed by atoms with van der Waals surface area (Å²) >= 11 is 0. The van der Waals surface area contributed by atoms with Crippen LogP contribution >= 0.6 is 0 Å². The maximum absolute atomic E-state index is 12.9. The van der Waals surface area contributed by atoms with Crippen LogP contribution in [0.2, 0.25) is 0 Å². The van der Waals surface area contributed by atoms with Crippen LogP contribution in [-0.4, -0.2) is 29.1 Å². The molecule has 2 fully saturated rings. The Balaban J connectivity index is 1.99. The van der Waals surface area contributed by atoms with Crippen molar-refractivity contribution in [3.8, 4) is 11.5 Å². The third-order valence-electron chi connectivity index (χ3n) is 8.50. The van der Waals surface area contributed by atoms with Gasteiger partial charge in [0.1, 0.15) is 17.3 Å². The molecule has 2 aliphatic rings. The summed E-state index contributed by atoms with van der Waals surface area (Å²) in [5.41, 5.74) is 1.41. The lowest BCUT2D eigenvalue weighted by atomic mass is 9.44. The van der Waals surface area contributed by atoms with Gasteiger partial charge in [-0.15, -0.1) is 0 Å². The summed E-state index contributed by atoms with van der Waals surface area (Å²) in [7, 11) is 1.64. The van der Waals surface area contributed by atoms with Crippen LogP contribution in [-0.2, 0) is 16.0 Å². The number of carbonyl (C=O) groups is 2. The lowest BCUT2D eigenvalue weighted by molar-refractivity contribution is -0.152. The van der Waals surface area contributed by atoms with Crippen LogP contribution in [0.15, 0.2) is 12.1 Å². The number of methoxy groups -OCH3 is 1. The lowest BCUT2D eigenvalue weighted by Gasteiger charge is -2.60. The van der Waals surface area contributed by atoms with E-state index in [4.69, 9.17) is 4.74 Å². The number of aliphatic carboxylic acids is 1. The van der Waals surface area contributed by atoms with E-state index in [2.05, 4.69) is 20.8 Å². The molecule has 0 amide bonds. The molecule has 0 radical (unpaired) electrons. The number of phenolic OH excluding ortho intramolecular Hbond substituents is 1. The molecule has 166 valence electrons. The number of rotatable bonds is 6. The average molecular weight is 417 g/mol. The molecule has 2 saturated carbocycles. The van der Waals surface area contributed by atoms with Gasteiger partial charge in [0.25, 0.3) is 0 Å². The maximum Gasteiger partial charge on any atom is 0.303 e. The minimum atomic E-state index is -0.836. The van der Waals surface area contributed by atoms with Crippen LogP contribution in [0.5, 0.6) is 11.5 Å². The van der Waals surface area contributed by atoms with Crippen molar-refractivity contribution in [1.29, 1.82) is 0 Å². The van der Waals surface area contributed by atoms with Crippen molar-refractivity contribution in [3.63, 3.8) is 0 Å². The number of aromatic hydroxyl groups is 1. The molecule has 5 nitrogen and oxygen atoms in total. The molecular weight excluding hydrogens is 380 g/mol. The van der Waals surface area contributed by atoms with E-state index < -0.39 is 5.97 Å². The monoisotopic (exact) mass is 416 g/mol. The predicted octanol–water partition coefficient (Wildman–Crippen LogP) is 5.15. The SMILES string of the molecule is COc1cc(C)c(O)c(C[C@@]2(C)C(C)CC[C@@]3(C)C(CCC(=O)O)C(=O)CCC23)c1. The summed E-state index contributed by atoms with van der Waals surface area (Å²) in [4.78, 5) is 24.1. The zero-order chi connectivity index (χ0) is 22.3. The van der Waals surface area contributed by atoms with Crippen molar-refractivity contribution in [3.05, 3.63) is 23.3 Å². The highest BCUT2D eigenvalue weighted by atomic mass is 16.5. The first-order valence-corrected chi connectivity index (χ1v) is 11.1. The number of fused-ring (bicyclic) bond motifs is 1. The Morgan fingerprint density at radius 3 is 2.60 bits per heavy atom. The van der Waals surface area contributed by atoms with Gasteiger partial charge in [-0.3, -0.25) is 9.59 Å². The quantitative estimate of drug-likeness (QED) is 0.670. The van der Waals surface area contributed by atoms with Crippen molar-refractivity contribution < 1.29 is 24.5 Å². The van der Waals surface area contributed by atoms with Gasteiger partial charge in [0, 0.05) is 18.8 Å². The lowest BCUT2D eigenvalue weighted by Crippen LogP contribution is -2.56. The van der Waals surface area contributed by atoms with Gasteiger partial charge in [-0.25, -0.2) is 0 Å². The Kier molecular flexibility index (Phi) is 6.22. The number of Topliss-reactive ketones (excluding diaryl/α,β-unsaturated/α-hetero) is 1. The smallest absolute Gasteiger partial charge is 0.303 e. The fraction of sp³-hybridized carbons (Fsp3) is 0.680. The second-order valence-electron chi connectivity index (χ2n) is 10.1. The summed E-state index contributed by atoms with van der Waals surface area (Å²) in [6, 6.07) is 3.78. The Labute approximate surface area is 179 Å². The molecule has 5 heteroatoms. The number of ether oxygens (including phenoxy) is 1. The number of carboxylic acid groups (broad SMARTS) is 1. The normalized spacial score (nSPS) is 33.8. The van der Waals surface area contributed by atoms with E-state index in [0.29, 0.717) is 30.4 Å². The van der Waals surface area contributed by atoms with Crippen LogP contribution in [0, 0.1) is 35.5 Å². The zero-order valence-electron chi connectivity index (χ0n) is 19.0. The highest BCUT2D eigenvalue weighted by molar-refractivity contribution is 5.83. The molecule has 0 spiro atoms. The summed E-state index contributed by atoms with van der Waals surface area (Å²) in [6.07, 6.45) is 4.51. The molecule has 2 aliphatic carbocycles. The number of hydrogen-bond acceptors (Lipinski definition) is 4. The highest BCUT2D eigenvalue weighted by Crippen LogP contribution is 2.63. The minimum absolute atomic E-state index is 0.0425. The predicted molar refractivity (Wildman–Crippen MR) is 116 cm³/mol. The van der Waals surface area contributed by atoms with Gasteiger partial charge < -0.3 is 14.9 Å². The van der Waals surface area contributed by atoms with Gasteiger partial charge in [-0.05, 0) is 85.0 Å². The number of carbonyl (C=O) groups excluding carboxylic acids is 1. The molecule has 0 heterocycles. The first kappa shape index (κ1) is 22.6. The van der Waals surface area contributed by atoms with Crippen LogP contribution in [0.25, 0.3) is 0 Å². The Hall–Kier alpha value is -2.04. The first-order valence-electron chi connectivity index (χ1n) is 11.1. The third kappa shape index (κ3) is 3.83. The van der Waals surface area contributed by atoms with Crippen molar-refractivity contribution in [2.75, 3.05) is 7.11 Å². The standard InChI is InChI=1S/C25H36O5/c1-15-12-18(30-5)13-17(23(15)29)14-25(4)16(2)10-11-24(3)19(6-9-22(27)28)20(26)7-8-21(24)25/h12-13,16,19,21,29H,6-11,14H2,1-5H3,(H,27,28)/t16?,19?,21?,24-,25-/m0/s1. The number of phenols is 1. The number of hydrogen-bond donors (Lipinski definition) is 2. The topological polar surface area (TPSA) is 83.8 Å². The summed E-state index contributed by atoms with van der Waals surface area (Å²) in [5, 5.41) is 20.0. The summed E-state index contributed by atoms with van der Waals surface area (Å²) in [6.45, 7) is 8.69. The molecule has 0 saturated heterocycles. The van der Waals surface area contributed by atoms with Gasteiger partial charge in [0.05, 0.1) is 7.11 Å². The van der Waals surface area contributed by atoms with Crippen LogP contribution < -0.4 is 4.74 Å². The Bertz CT molecular complexity index is 831. The largest absolute Gasteiger partial charge is 0.507 e. The Morgan fingerprint density at radius 2 is 1.97 bits per heavy atom. The van der Waals surface area contributed by atoms with Gasteiger partial charge in [-0.1, -0.05) is 20.8 Å². The molecule has 3 rings (SSSR count). The number of benzene rings is 1. The molecule has 0 bridgehead atoms. The zero-order valence-corrected chi connectivity index (χ0v) is 19.0. The van der Waals surface area contributed by atoms with Crippen molar-refractivity contribution in [2.45, 2.75) is 72.6 Å². The number of aryl methyl sites for hydroxylation is 1. The van der Waals surface area contributed by atoms with Gasteiger partial charge in [-0.2, -0.15) is 0 Å². The van der Waals surface area contributed by atoms with E-state index in [-0.39, 0.29) is 29.0 Å². The van der Waals surface area contributed by atoms with Gasteiger partial charge >= 0.3 is 5.97 Å². The van der Waals surface area contributed by atoms with Crippen molar-refractivity contribution in [2.24, 2.45) is 28.6 Å². The van der Waals surface area contributed by atoms with E-state index in [9.17, 15) is 19.8 Å². The summed E-state index contributed by atoms with van der Waals surface area (Å²) in [5.74, 6) is 1.01. The molecule has 1 aromatic carbocycles. The Morgan fingerprint density at radius 1 is 1.27 bits per heavy atom. The fourth-order valence-electron chi connectivity index (χ4n) is 6.57. The molecule has 0 aromatic heterocycles. The molecular formula is C25H36O5. The first-order chi connectivity index (χ1) is 14.0. The molecule has 3 unspecified atom stereocenters. The molecule has 5 atom stereocenters. The van der Waals surface area contributed by atoms with E-state index in [1.165, 1.54) is 0 Å². The third-order valence-corrected chi connectivity index (χ3v) is 8.50. The van der Waals surface area contributed by atoms with Crippen LogP contribution in [0.3, 0.4) is 0 Å². The fourth-order valence-corrected chi connectivity index (χ4v) is 6.57. The van der Waals surface area contributed by atoms with Crippen LogP contribution in [0.4, 0.5) is 0 Å². The molecule has 1 aromatic rings. The average Bonchev–Trinajstić information content (AvgIpc) is 2.68. The second kappa shape index (κ2) is 8.24. The van der Waals surface area contributed by atoms with Gasteiger partial charge in [0.15, 0.2) is 0 Å². The van der Waals surface area contributed by atoms with Crippen LogP contribution in [0.1, 0.15) is 70.4 Å². The van der Waals surface area contributed by atoms with E-state index >= 15 is 0 Å². The van der Waals surface area contributed by atoms with Gasteiger partial charge in [0.2, 0.25) is 0 Å². The van der Waals surface area contributed by atoms with Crippen molar-refractivity contribution in [1.82, 2.24) is 0 Å². The minimum Gasteiger partial charge on any atom is -0.507 e. The molecule has 0 aliphatic heterocycles. The summed E-state index contributed by atoms with van der Waals surface area (Å²) < 4.78 is 5.44. The molecule has 30 heavy (non-hydrogen) atoms. The second-order valence-corrected chi connectivity index (χ2v) is 10.1. The van der Waals surface area contributed by atoms with E-state index in [0.717, 1.165) is 42.6 Å². The number of carboxylic acids is 1. The molecule has 2 N–H and O–H groups in total. The van der Waals surface area contributed by atoms with Crippen molar-refractivity contribution >= 4 is 11.8 Å². The van der Waals surface area contributed by atoms with E-state index in [1.807, 2.05) is 19.1 Å². The highest BCUT2D eigenvalue weighted by Gasteiger charge is 2.58. The van der Waals surface area contributed by atoms with E-state index in [1.54, 1.807) is 7.11 Å². The number of ketones is 1. The maximum atomic E-state index is 12.9.